The molecule has 2 aromatic heterocycles. The lowest BCUT2D eigenvalue weighted by atomic mass is 9.81. The first-order valence-corrected chi connectivity index (χ1v) is 20.0. The Morgan fingerprint density at radius 1 is 0.393 bits per heavy atom. The van der Waals surface area contributed by atoms with Gasteiger partial charge in [0.15, 0.2) is 5.82 Å². The zero-order valence-electron chi connectivity index (χ0n) is 31.1. The molecule has 56 heavy (non-hydrogen) atoms. The lowest BCUT2D eigenvalue weighted by molar-refractivity contribution is 0.661. The molecule has 0 bridgehead atoms. The van der Waals surface area contributed by atoms with Crippen LogP contribution < -0.4 is 0 Å². The van der Waals surface area contributed by atoms with E-state index in [1.54, 1.807) is 0 Å². The number of thiophene rings is 1. The van der Waals surface area contributed by atoms with Crippen molar-refractivity contribution in [2.75, 3.05) is 0 Å². The maximum absolute atomic E-state index is 5.23. The van der Waals surface area contributed by atoms with E-state index in [0.29, 0.717) is 5.82 Å². The van der Waals surface area contributed by atoms with E-state index < -0.39 is 0 Å². The van der Waals surface area contributed by atoms with Crippen molar-refractivity contribution in [3.05, 3.63) is 193 Å². The predicted octanol–water partition coefficient (Wildman–Crippen LogP) is 14.6. The van der Waals surface area contributed by atoms with Crippen molar-refractivity contribution in [2.24, 2.45) is 0 Å². The topological polar surface area (TPSA) is 25.8 Å². The second kappa shape index (κ2) is 12.7. The van der Waals surface area contributed by atoms with Gasteiger partial charge in [0, 0.05) is 42.3 Å². The third kappa shape index (κ3) is 5.31. The molecule has 10 aromatic rings. The molecule has 1 aliphatic rings. The Hall–Kier alpha value is -6.68. The molecule has 11 rings (SSSR count). The molecule has 264 valence electrons. The van der Waals surface area contributed by atoms with E-state index >= 15 is 0 Å². The monoisotopic (exact) mass is 732 g/mol. The number of rotatable bonds is 5. The molecule has 0 unspecified atom stereocenters. The molecule has 0 atom stereocenters. The third-order valence-electron chi connectivity index (χ3n) is 11.7. The van der Waals surface area contributed by atoms with Gasteiger partial charge in [-0.25, -0.2) is 9.97 Å². The number of fused-ring (bicyclic) bond motifs is 7. The van der Waals surface area contributed by atoms with E-state index in [1.165, 1.54) is 69.9 Å². The average molecular weight is 733 g/mol. The van der Waals surface area contributed by atoms with Crippen LogP contribution in [0.3, 0.4) is 0 Å². The Balaban J connectivity index is 1.04. The van der Waals surface area contributed by atoms with Crippen molar-refractivity contribution in [1.82, 2.24) is 9.97 Å². The van der Waals surface area contributed by atoms with Gasteiger partial charge in [0.2, 0.25) is 0 Å². The van der Waals surface area contributed by atoms with Gasteiger partial charge in [-0.2, -0.15) is 0 Å². The fourth-order valence-electron chi connectivity index (χ4n) is 8.78. The fourth-order valence-corrected chi connectivity index (χ4v) is 9.87. The van der Waals surface area contributed by atoms with Crippen molar-refractivity contribution in [2.45, 2.75) is 19.3 Å². The third-order valence-corrected chi connectivity index (χ3v) is 12.8. The van der Waals surface area contributed by atoms with Crippen molar-refractivity contribution in [1.29, 1.82) is 0 Å². The summed E-state index contributed by atoms with van der Waals surface area (Å²) in [6.07, 6.45) is 0. The Labute approximate surface area is 330 Å². The standard InChI is InChI=1S/C53H36N2S/c1-53(2)45-23-12-22-41(51(45)44-30-35-15-6-7-16-36(35)31-46(44)53)38-18-11-20-40(28-38)48-32-47(54-52(55-48)33-13-4-3-5-14-33)39-19-10-17-34(27-39)37-25-26-50-43(29-37)42-21-8-9-24-49(42)56-50/h3-32H,1-2H3. The molecule has 0 N–H and O–H groups in total. The van der Waals surface area contributed by atoms with Crippen LogP contribution in [0.5, 0.6) is 0 Å². The summed E-state index contributed by atoms with van der Waals surface area (Å²) in [6, 6.07) is 65.9. The van der Waals surface area contributed by atoms with Crippen LogP contribution in [0.2, 0.25) is 0 Å². The second-order valence-electron chi connectivity index (χ2n) is 15.4. The van der Waals surface area contributed by atoms with E-state index in [4.69, 9.17) is 9.97 Å². The van der Waals surface area contributed by atoms with Crippen molar-refractivity contribution >= 4 is 42.3 Å². The quantitative estimate of drug-likeness (QED) is 0.176. The first-order valence-electron chi connectivity index (χ1n) is 19.2. The zero-order valence-corrected chi connectivity index (χ0v) is 31.9. The molecule has 0 amide bonds. The Kier molecular flexibility index (Phi) is 7.42. The molecule has 0 saturated carbocycles. The van der Waals surface area contributed by atoms with Gasteiger partial charge >= 0.3 is 0 Å². The highest BCUT2D eigenvalue weighted by atomic mass is 32.1. The first kappa shape index (κ1) is 32.7. The number of nitrogens with zero attached hydrogens (tertiary/aromatic N) is 2. The molecule has 2 nitrogen and oxygen atoms in total. The molecule has 0 saturated heterocycles. The van der Waals surface area contributed by atoms with Gasteiger partial charge in [-0.1, -0.05) is 147 Å². The van der Waals surface area contributed by atoms with Gasteiger partial charge in [0.25, 0.3) is 0 Å². The summed E-state index contributed by atoms with van der Waals surface area (Å²) < 4.78 is 2.63. The van der Waals surface area contributed by atoms with Crippen LogP contribution in [0.15, 0.2) is 182 Å². The molecule has 3 heteroatoms. The number of hydrogen-bond acceptors (Lipinski definition) is 3. The largest absolute Gasteiger partial charge is 0.228 e. The van der Waals surface area contributed by atoms with Crippen LogP contribution >= 0.6 is 11.3 Å². The minimum absolute atomic E-state index is 0.105. The van der Waals surface area contributed by atoms with E-state index in [1.807, 2.05) is 17.4 Å². The molecule has 1 aliphatic carbocycles. The summed E-state index contributed by atoms with van der Waals surface area (Å²) in [6.45, 7) is 4.72. The van der Waals surface area contributed by atoms with Crippen LogP contribution in [-0.4, -0.2) is 9.97 Å². The first-order chi connectivity index (χ1) is 27.5. The summed E-state index contributed by atoms with van der Waals surface area (Å²) in [5, 5.41) is 5.16. The van der Waals surface area contributed by atoms with Crippen molar-refractivity contribution in [3.63, 3.8) is 0 Å². The highest BCUT2D eigenvalue weighted by Gasteiger charge is 2.37. The molecule has 8 aromatic carbocycles. The average Bonchev–Trinajstić information content (AvgIpc) is 3.74. The van der Waals surface area contributed by atoms with Crippen LogP contribution in [0.25, 0.3) is 98.2 Å². The lowest BCUT2D eigenvalue weighted by Crippen LogP contribution is -2.14. The molecule has 0 spiro atoms. The Bertz CT molecular complexity index is 3170. The molecular formula is C53H36N2S. The fraction of sp³-hybridized carbons (Fsp3) is 0.0566. The minimum Gasteiger partial charge on any atom is -0.228 e. The van der Waals surface area contributed by atoms with E-state index in [-0.39, 0.29) is 5.41 Å². The summed E-state index contributed by atoms with van der Waals surface area (Å²) in [4.78, 5) is 10.4. The lowest BCUT2D eigenvalue weighted by Gasteiger charge is -2.22. The highest BCUT2D eigenvalue weighted by molar-refractivity contribution is 7.25. The SMILES string of the molecule is CC1(C)c2cc3ccccc3cc2-c2c(-c3cccc(-c4cc(-c5cccc(-c6ccc7sc8ccccc8c7c6)c5)nc(-c5ccccc5)n4)c3)cccc21. The van der Waals surface area contributed by atoms with Gasteiger partial charge in [0.1, 0.15) is 0 Å². The molecule has 0 aliphatic heterocycles. The predicted molar refractivity (Wildman–Crippen MR) is 237 cm³/mol. The van der Waals surface area contributed by atoms with Gasteiger partial charge < -0.3 is 0 Å². The van der Waals surface area contributed by atoms with Crippen LogP contribution in [-0.2, 0) is 5.41 Å². The number of aromatic nitrogens is 2. The highest BCUT2D eigenvalue weighted by Crippen LogP contribution is 2.53. The normalized spacial score (nSPS) is 13.0. The summed E-state index contributed by atoms with van der Waals surface area (Å²) in [5.74, 6) is 0.711. The van der Waals surface area contributed by atoms with Gasteiger partial charge in [-0.05, 0) is 104 Å². The van der Waals surface area contributed by atoms with E-state index in [9.17, 15) is 0 Å². The maximum atomic E-state index is 5.23. The molecule has 2 heterocycles. The second-order valence-corrected chi connectivity index (χ2v) is 16.5. The molecular weight excluding hydrogens is 697 g/mol. The Morgan fingerprint density at radius 2 is 1.00 bits per heavy atom. The van der Waals surface area contributed by atoms with Crippen molar-refractivity contribution in [3.8, 4) is 67.3 Å². The van der Waals surface area contributed by atoms with E-state index in [0.717, 1.165) is 33.6 Å². The van der Waals surface area contributed by atoms with Crippen LogP contribution in [0.1, 0.15) is 25.0 Å². The van der Waals surface area contributed by atoms with Crippen molar-refractivity contribution < 1.29 is 0 Å². The molecule has 0 radical (unpaired) electrons. The van der Waals surface area contributed by atoms with Gasteiger partial charge in [0.05, 0.1) is 11.4 Å². The number of hydrogen-bond donors (Lipinski definition) is 0. The zero-order chi connectivity index (χ0) is 37.4. The minimum atomic E-state index is -0.105. The maximum Gasteiger partial charge on any atom is 0.160 e. The summed E-state index contributed by atoms with van der Waals surface area (Å²) >= 11 is 1.85. The number of benzene rings is 8. The Morgan fingerprint density at radius 3 is 1.80 bits per heavy atom. The summed E-state index contributed by atoms with van der Waals surface area (Å²) in [7, 11) is 0. The van der Waals surface area contributed by atoms with E-state index in [2.05, 4.69) is 190 Å². The van der Waals surface area contributed by atoms with Gasteiger partial charge in [-0.15, -0.1) is 11.3 Å². The summed E-state index contributed by atoms with van der Waals surface area (Å²) in [5.41, 5.74) is 15.0. The van der Waals surface area contributed by atoms with Crippen LogP contribution in [0, 0.1) is 0 Å². The van der Waals surface area contributed by atoms with Gasteiger partial charge in [-0.3, -0.25) is 0 Å². The van der Waals surface area contributed by atoms with Crippen LogP contribution in [0.4, 0.5) is 0 Å². The smallest absolute Gasteiger partial charge is 0.160 e. The molecule has 0 fully saturated rings.